The number of nitrogens with one attached hydrogen (secondary N) is 1. The van der Waals surface area contributed by atoms with Crippen molar-refractivity contribution in [2.45, 2.75) is 19.3 Å². The first-order valence-corrected chi connectivity index (χ1v) is 5.62. The molecule has 1 N–H and O–H groups in total. The molecule has 2 heterocycles. The number of aromatic amines is 1. The average Bonchev–Trinajstić information content (AvgIpc) is 2.53. The molecule has 1 aromatic rings. The van der Waals surface area contributed by atoms with Gasteiger partial charge in [-0.05, 0) is 30.3 Å². The lowest BCUT2D eigenvalue weighted by atomic mass is 9.99. The van der Waals surface area contributed by atoms with Crippen molar-refractivity contribution in [1.29, 1.82) is 0 Å². The van der Waals surface area contributed by atoms with Crippen molar-refractivity contribution in [3.8, 4) is 0 Å². The van der Waals surface area contributed by atoms with Gasteiger partial charge >= 0.3 is 5.76 Å². The van der Waals surface area contributed by atoms with Gasteiger partial charge in [-0.2, -0.15) is 11.8 Å². The highest BCUT2D eigenvalue weighted by atomic mass is 32.2. The van der Waals surface area contributed by atoms with Gasteiger partial charge in [0.2, 0.25) is 0 Å². The lowest BCUT2D eigenvalue weighted by molar-refractivity contribution is 0.374. The van der Waals surface area contributed by atoms with Crippen molar-refractivity contribution in [2.24, 2.45) is 5.92 Å². The summed E-state index contributed by atoms with van der Waals surface area (Å²) in [7, 11) is 0. The fourth-order valence-corrected chi connectivity index (χ4v) is 2.78. The van der Waals surface area contributed by atoms with Gasteiger partial charge in [-0.3, -0.25) is 9.51 Å². The molecule has 0 saturated carbocycles. The lowest BCUT2D eigenvalue weighted by Crippen LogP contribution is -2.13. The van der Waals surface area contributed by atoms with E-state index in [0.717, 1.165) is 6.42 Å². The first-order valence-electron chi connectivity index (χ1n) is 4.47. The maximum absolute atomic E-state index is 10.6. The van der Waals surface area contributed by atoms with E-state index in [0.29, 0.717) is 11.7 Å². The molecule has 1 aliphatic heterocycles. The molecular formula is C8H12N2O2S. The summed E-state index contributed by atoms with van der Waals surface area (Å²) in [6.07, 6.45) is 3.30. The average molecular weight is 200 g/mol. The molecule has 1 fully saturated rings. The number of thioether (sulfide) groups is 1. The monoisotopic (exact) mass is 200 g/mol. The summed E-state index contributed by atoms with van der Waals surface area (Å²) < 4.78 is 4.44. The molecule has 5 heteroatoms. The van der Waals surface area contributed by atoms with Gasteiger partial charge in [-0.1, -0.05) is 5.16 Å². The Bertz CT molecular complexity index is 314. The molecule has 0 aromatic carbocycles. The zero-order valence-electron chi connectivity index (χ0n) is 7.28. The molecule has 0 radical (unpaired) electrons. The quantitative estimate of drug-likeness (QED) is 0.775. The third-order valence-electron chi connectivity index (χ3n) is 2.31. The summed E-state index contributed by atoms with van der Waals surface area (Å²) in [6, 6.07) is 0. The van der Waals surface area contributed by atoms with Gasteiger partial charge in [0.15, 0.2) is 5.82 Å². The SMILES string of the molecule is O=c1[nH]c(CC2CCSCC2)no1. The second kappa shape index (κ2) is 4.00. The van der Waals surface area contributed by atoms with Gasteiger partial charge in [0.25, 0.3) is 0 Å². The topological polar surface area (TPSA) is 58.9 Å². The molecule has 0 aliphatic carbocycles. The Balaban J connectivity index is 1.93. The largest absolute Gasteiger partial charge is 0.438 e. The van der Waals surface area contributed by atoms with Crippen molar-refractivity contribution >= 4 is 11.8 Å². The normalized spacial score (nSPS) is 19.1. The number of H-pyrrole nitrogens is 1. The van der Waals surface area contributed by atoms with Gasteiger partial charge in [0.1, 0.15) is 0 Å². The highest BCUT2D eigenvalue weighted by molar-refractivity contribution is 7.99. The van der Waals surface area contributed by atoms with E-state index >= 15 is 0 Å². The standard InChI is InChI=1S/C8H12N2O2S/c11-8-9-7(10-12-8)5-6-1-3-13-4-2-6/h6H,1-5H2,(H,9,10,11). The van der Waals surface area contributed by atoms with Crippen LogP contribution >= 0.6 is 11.8 Å². The van der Waals surface area contributed by atoms with Crippen LogP contribution < -0.4 is 5.76 Å². The predicted octanol–water partition coefficient (Wildman–Crippen LogP) is 1.05. The molecule has 1 aromatic heterocycles. The molecule has 0 spiro atoms. The first-order chi connectivity index (χ1) is 6.34. The van der Waals surface area contributed by atoms with Crippen LogP contribution in [0.2, 0.25) is 0 Å². The van der Waals surface area contributed by atoms with Crippen LogP contribution in [0.4, 0.5) is 0 Å². The molecule has 13 heavy (non-hydrogen) atoms. The van der Waals surface area contributed by atoms with E-state index in [9.17, 15) is 4.79 Å². The van der Waals surface area contributed by atoms with Crippen molar-refractivity contribution in [3.05, 3.63) is 16.4 Å². The Morgan fingerprint density at radius 3 is 2.92 bits per heavy atom. The highest BCUT2D eigenvalue weighted by Crippen LogP contribution is 2.24. The number of nitrogens with zero attached hydrogens (tertiary/aromatic N) is 1. The summed E-state index contributed by atoms with van der Waals surface area (Å²) >= 11 is 2.00. The van der Waals surface area contributed by atoms with Crippen LogP contribution in [0, 0.1) is 5.92 Å². The number of hydrogen-bond acceptors (Lipinski definition) is 4. The fraction of sp³-hybridized carbons (Fsp3) is 0.750. The van der Waals surface area contributed by atoms with Gasteiger partial charge < -0.3 is 0 Å². The van der Waals surface area contributed by atoms with Gasteiger partial charge in [0.05, 0.1) is 0 Å². The van der Waals surface area contributed by atoms with Crippen molar-refractivity contribution in [3.63, 3.8) is 0 Å². The molecule has 0 bridgehead atoms. The van der Waals surface area contributed by atoms with Gasteiger partial charge in [-0.25, -0.2) is 4.79 Å². The number of aromatic nitrogens is 2. The summed E-state index contributed by atoms with van der Waals surface area (Å²) in [5.74, 6) is 3.38. The number of rotatable bonds is 2. The van der Waals surface area contributed by atoms with Crippen LogP contribution in [-0.4, -0.2) is 21.6 Å². The maximum Gasteiger partial charge on any atom is 0.438 e. The molecular weight excluding hydrogens is 188 g/mol. The van der Waals surface area contributed by atoms with Gasteiger partial charge in [-0.15, -0.1) is 0 Å². The lowest BCUT2D eigenvalue weighted by Gasteiger charge is -2.19. The predicted molar refractivity (Wildman–Crippen MR) is 50.9 cm³/mol. The molecule has 72 valence electrons. The Morgan fingerprint density at radius 1 is 1.54 bits per heavy atom. The van der Waals surface area contributed by atoms with E-state index in [2.05, 4.69) is 14.7 Å². The number of hydrogen-bond donors (Lipinski definition) is 1. The summed E-state index contributed by atoms with van der Waals surface area (Å²) in [5.41, 5.74) is 0. The summed E-state index contributed by atoms with van der Waals surface area (Å²) in [6.45, 7) is 0. The Kier molecular flexibility index (Phi) is 2.73. The van der Waals surface area contributed by atoms with E-state index < -0.39 is 5.76 Å². The van der Waals surface area contributed by atoms with Crippen LogP contribution in [-0.2, 0) is 6.42 Å². The minimum absolute atomic E-state index is 0.444. The van der Waals surface area contributed by atoms with Crippen molar-refractivity contribution in [1.82, 2.24) is 10.1 Å². The summed E-state index contributed by atoms with van der Waals surface area (Å²) in [5, 5.41) is 3.66. The van der Waals surface area contributed by atoms with E-state index in [-0.39, 0.29) is 0 Å². The fourth-order valence-electron chi connectivity index (χ4n) is 1.57. The van der Waals surface area contributed by atoms with Crippen LogP contribution in [0.25, 0.3) is 0 Å². The van der Waals surface area contributed by atoms with Crippen molar-refractivity contribution < 1.29 is 4.52 Å². The van der Waals surface area contributed by atoms with Crippen LogP contribution in [0.3, 0.4) is 0 Å². The van der Waals surface area contributed by atoms with E-state index in [1.807, 2.05) is 11.8 Å². The van der Waals surface area contributed by atoms with E-state index in [1.54, 1.807) is 0 Å². The Morgan fingerprint density at radius 2 is 2.31 bits per heavy atom. The van der Waals surface area contributed by atoms with Crippen LogP contribution in [0.5, 0.6) is 0 Å². The second-order valence-corrected chi connectivity index (χ2v) is 4.53. The molecule has 0 atom stereocenters. The summed E-state index contributed by atoms with van der Waals surface area (Å²) in [4.78, 5) is 13.2. The Hall–Kier alpha value is -0.710. The molecule has 0 unspecified atom stereocenters. The minimum Gasteiger partial charge on any atom is -0.296 e. The third-order valence-corrected chi connectivity index (χ3v) is 3.36. The maximum atomic E-state index is 10.6. The van der Waals surface area contributed by atoms with E-state index in [4.69, 9.17) is 0 Å². The van der Waals surface area contributed by atoms with Crippen molar-refractivity contribution in [2.75, 3.05) is 11.5 Å². The van der Waals surface area contributed by atoms with Gasteiger partial charge in [0, 0.05) is 6.42 Å². The highest BCUT2D eigenvalue weighted by Gasteiger charge is 2.15. The van der Waals surface area contributed by atoms with E-state index in [1.165, 1.54) is 24.3 Å². The smallest absolute Gasteiger partial charge is 0.296 e. The minimum atomic E-state index is -0.444. The second-order valence-electron chi connectivity index (χ2n) is 3.30. The van der Waals surface area contributed by atoms with Crippen LogP contribution in [0.15, 0.2) is 9.32 Å². The van der Waals surface area contributed by atoms with Crippen LogP contribution in [0.1, 0.15) is 18.7 Å². The first kappa shape index (κ1) is 8.87. The zero-order valence-corrected chi connectivity index (χ0v) is 8.10. The third kappa shape index (κ3) is 2.37. The molecule has 1 saturated heterocycles. The zero-order chi connectivity index (χ0) is 9.10. The molecule has 1 aliphatic rings. The molecule has 2 rings (SSSR count). The molecule has 0 amide bonds. The Labute approximate surface area is 80.1 Å². The molecule has 4 nitrogen and oxygen atoms in total.